The molecule has 3 heterocycles. The Morgan fingerprint density at radius 3 is 2.64 bits per heavy atom. The van der Waals surface area contributed by atoms with Gasteiger partial charge in [-0.25, -0.2) is 4.79 Å². The molecule has 0 radical (unpaired) electrons. The Balaban J connectivity index is 0.000000706. The molecule has 8 nitrogen and oxygen atoms in total. The Hall–Kier alpha value is -2.71. The van der Waals surface area contributed by atoms with Crippen molar-refractivity contribution >= 4 is 23.3 Å². The van der Waals surface area contributed by atoms with Gasteiger partial charge in [0.05, 0.1) is 5.60 Å². The maximum atomic E-state index is 11.9. The average molecular weight is 388 g/mol. The number of fused-ring (bicyclic) bond motifs is 1. The summed E-state index contributed by atoms with van der Waals surface area (Å²) in [5.74, 6) is -0.0541. The van der Waals surface area contributed by atoms with Gasteiger partial charge in [0.1, 0.15) is 12.2 Å². The van der Waals surface area contributed by atoms with E-state index < -0.39 is 0 Å². The molecule has 0 bridgehead atoms. The predicted octanol–water partition coefficient (Wildman–Crippen LogP) is 1.20. The van der Waals surface area contributed by atoms with Gasteiger partial charge in [0.15, 0.2) is 0 Å². The van der Waals surface area contributed by atoms with Crippen molar-refractivity contribution in [3.63, 3.8) is 0 Å². The maximum absolute atomic E-state index is 11.9. The van der Waals surface area contributed by atoms with Crippen molar-refractivity contribution in [1.82, 2.24) is 10.2 Å². The van der Waals surface area contributed by atoms with Crippen LogP contribution in [0.3, 0.4) is 0 Å². The van der Waals surface area contributed by atoms with E-state index in [0.29, 0.717) is 18.7 Å². The number of benzene rings is 1. The molecule has 4 rings (SSSR count). The SMILES string of the molecule is Cc1cc2oc(=O)cc(CN3CCC4(CNC(=O)CO4)C3)c2cc1C.O=CO. The number of hydrogen-bond donors (Lipinski definition) is 2. The van der Waals surface area contributed by atoms with Crippen molar-refractivity contribution in [2.75, 3.05) is 26.2 Å². The highest BCUT2D eigenvalue weighted by molar-refractivity contribution is 5.82. The summed E-state index contributed by atoms with van der Waals surface area (Å²) >= 11 is 0. The summed E-state index contributed by atoms with van der Waals surface area (Å²) in [6.45, 7) is 6.81. The largest absolute Gasteiger partial charge is 0.483 e. The number of amides is 1. The third-order valence-corrected chi connectivity index (χ3v) is 5.35. The van der Waals surface area contributed by atoms with E-state index in [0.717, 1.165) is 36.0 Å². The smallest absolute Gasteiger partial charge is 0.336 e. The van der Waals surface area contributed by atoms with E-state index >= 15 is 0 Å². The normalized spacial score (nSPS) is 22.0. The predicted molar refractivity (Wildman–Crippen MR) is 102 cm³/mol. The monoisotopic (exact) mass is 388 g/mol. The van der Waals surface area contributed by atoms with Gasteiger partial charge in [-0.1, -0.05) is 0 Å². The molecule has 28 heavy (non-hydrogen) atoms. The zero-order valence-electron chi connectivity index (χ0n) is 16.0. The van der Waals surface area contributed by atoms with E-state index in [-0.39, 0.29) is 30.2 Å². The molecule has 1 spiro atoms. The molecule has 2 aromatic rings. The number of nitrogens with one attached hydrogen (secondary N) is 1. The first kappa shape index (κ1) is 20.0. The molecule has 1 unspecified atom stereocenters. The van der Waals surface area contributed by atoms with Crippen LogP contribution in [-0.4, -0.2) is 54.2 Å². The summed E-state index contributed by atoms with van der Waals surface area (Å²) in [7, 11) is 0. The van der Waals surface area contributed by atoms with Crippen molar-refractivity contribution in [3.05, 3.63) is 45.3 Å². The first-order valence-corrected chi connectivity index (χ1v) is 9.11. The molecule has 8 heteroatoms. The summed E-state index contributed by atoms with van der Waals surface area (Å²) in [5.41, 5.74) is 3.29. The number of hydrogen-bond acceptors (Lipinski definition) is 6. The summed E-state index contributed by atoms with van der Waals surface area (Å²) in [5, 5.41) is 10.8. The number of nitrogens with zero attached hydrogens (tertiary/aromatic N) is 1. The van der Waals surface area contributed by atoms with Crippen LogP contribution in [0, 0.1) is 13.8 Å². The van der Waals surface area contributed by atoms with Crippen LogP contribution in [0.15, 0.2) is 27.4 Å². The Morgan fingerprint density at radius 1 is 1.25 bits per heavy atom. The fraction of sp³-hybridized carbons (Fsp3) is 0.450. The van der Waals surface area contributed by atoms with Gasteiger partial charge in [-0.15, -0.1) is 0 Å². The van der Waals surface area contributed by atoms with Gasteiger partial charge in [0.2, 0.25) is 5.91 Å². The highest BCUT2D eigenvalue weighted by Gasteiger charge is 2.42. The lowest BCUT2D eigenvalue weighted by Crippen LogP contribution is -2.53. The lowest BCUT2D eigenvalue weighted by atomic mass is 10.0. The van der Waals surface area contributed by atoms with Crippen LogP contribution in [0.4, 0.5) is 0 Å². The number of carbonyl (C=O) groups is 2. The van der Waals surface area contributed by atoms with Crippen LogP contribution < -0.4 is 10.9 Å². The maximum Gasteiger partial charge on any atom is 0.336 e. The number of ether oxygens (including phenoxy) is 1. The Kier molecular flexibility index (Phi) is 5.81. The second-order valence-corrected chi connectivity index (χ2v) is 7.34. The first-order chi connectivity index (χ1) is 13.4. The van der Waals surface area contributed by atoms with Crippen molar-refractivity contribution in [1.29, 1.82) is 0 Å². The van der Waals surface area contributed by atoms with Crippen LogP contribution in [0.5, 0.6) is 0 Å². The zero-order valence-corrected chi connectivity index (χ0v) is 16.0. The molecular weight excluding hydrogens is 364 g/mol. The molecule has 1 atom stereocenters. The minimum atomic E-state index is -0.319. The third kappa shape index (κ3) is 4.23. The zero-order chi connectivity index (χ0) is 20.3. The molecule has 2 saturated heterocycles. The number of morpholine rings is 1. The lowest BCUT2D eigenvalue weighted by Gasteiger charge is -2.33. The molecule has 2 aliphatic heterocycles. The van der Waals surface area contributed by atoms with Gasteiger partial charge in [-0.2, -0.15) is 0 Å². The highest BCUT2D eigenvalue weighted by Crippen LogP contribution is 2.29. The molecule has 1 aromatic heterocycles. The number of carboxylic acid groups (broad SMARTS) is 1. The third-order valence-electron chi connectivity index (χ3n) is 5.35. The summed E-state index contributed by atoms with van der Waals surface area (Å²) in [4.78, 5) is 33.9. The van der Waals surface area contributed by atoms with Crippen molar-refractivity contribution < 1.29 is 23.8 Å². The van der Waals surface area contributed by atoms with Crippen molar-refractivity contribution in [2.24, 2.45) is 0 Å². The summed E-state index contributed by atoms with van der Waals surface area (Å²) in [6, 6.07) is 5.61. The first-order valence-electron chi connectivity index (χ1n) is 9.11. The number of carbonyl (C=O) groups excluding carboxylic acids is 1. The molecular formula is C20H24N2O6. The van der Waals surface area contributed by atoms with Crippen LogP contribution in [0.2, 0.25) is 0 Å². The molecule has 2 fully saturated rings. The van der Waals surface area contributed by atoms with Crippen LogP contribution in [-0.2, 0) is 20.9 Å². The molecule has 1 amide bonds. The van der Waals surface area contributed by atoms with E-state index in [9.17, 15) is 9.59 Å². The Morgan fingerprint density at radius 2 is 1.96 bits per heavy atom. The summed E-state index contributed by atoms with van der Waals surface area (Å²) in [6.07, 6.45) is 0.880. The lowest BCUT2D eigenvalue weighted by molar-refractivity contribution is -0.142. The van der Waals surface area contributed by atoms with E-state index in [4.69, 9.17) is 19.1 Å². The minimum Gasteiger partial charge on any atom is -0.483 e. The topological polar surface area (TPSA) is 109 Å². The Bertz CT molecular complexity index is 942. The minimum absolute atomic E-state index is 0.0541. The quantitative estimate of drug-likeness (QED) is 0.588. The van der Waals surface area contributed by atoms with Crippen LogP contribution >= 0.6 is 0 Å². The van der Waals surface area contributed by atoms with Crippen molar-refractivity contribution in [3.8, 4) is 0 Å². The summed E-state index contributed by atoms with van der Waals surface area (Å²) < 4.78 is 11.2. The van der Waals surface area contributed by atoms with Gasteiger partial charge in [0, 0.05) is 37.6 Å². The highest BCUT2D eigenvalue weighted by atomic mass is 16.5. The Labute approximate surface area is 162 Å². The standard InChI is InChI=1S/C19H22N2O4.CH2O2/c1-12-5-15-14(7-18(23)25-16(15)6-13(12)2)8-21-4-3-19(11-21)10-20-17(22)9-24-19;2-1-3/h5-7H,3-4,8-11H2,1-2H3,(H,20,22);1H,(H,2,3). The number of aryl methyl sites for hydroxylation is 2. The van der Waals surface area contributed by atoms with E-state index in [1.165, 1.54) is 5.56 Å². The number of rotatable bonds is 2. The fourth-order valence-corrected chi connectivity index (χ4v) is 3.76. The van der Waals surface area contributed by atoms with Gasteiger partial charge in [-0.3, -0.25) is 14.5 Å². The average Bonchev–Trinajstić information content (AvgIpc) is 3.03. The van der Waals surface area contributed by atoms with E-state index in [1.807, 2.05) is 13.0 Å². The fourth-order valence-electron chi connectivity index (χ4n) is 3.76. The van der Waals surface area contributed by atoms with Gasteiger partial charge < -0.3 is 19.6 Å². The van der Waals surface area contributed by atoms with Crippen molar-refractivity contribution in [2.45, 2.75) is 32.4 Å². The molecule has 1 aromatic carbocycles. The van der Waals surface area contributed by atoms with Gasteiger partial charge in [0.25, 0.3) is 6.47 Å². The molecule has 2 aliphatic rings. The molecule has 150 valence electrons. The van der Waals surface area contributed by atoms with Gasteiger partial charge >= 0.3 is 5.63 Å². The van der Waals surface area contributed by atoms with Crippen LogP contribution in [0.25, 0.3) is 11.0 Å². The van der Waals surface area contributed by atoms with Crippen LogP contribution in [0.1, 0.15) is 23.1 Å². The van der Waals surface area contributed by atoms with Gasteiger partial charge in [-0.05, 0) is 49.1 Å². The van der Waals surface area contributed by atoms with E-state index in [1.54, 1.807) is 6.07 Å². The number of likely N-dealkylation sites (tertiary alicyclic amines) is 1. The second kappa shape index (κ2) is 8.12. The molecule has 0 saturated carbocycles. The second-order valence-electron chi connectivity index (χ2n) is 7.34. The molecule has 2 N–H and O–H groups in total. The molecule has 0 aliphatic carbocycles. The van der Waals surface area contributed by atoms with E-state index in [2.05, 4.69) is 23.2 Å².